The van der Waals surface area contributed by atoms with Gasteiger partial charge in [-0.1, -0.05) is 11.6 Å². The molecule has 1 aromatic carbocycles. The minimum absolute atomic E-state index is 0.228. The molecule has 0 atom stereocenters. The molecule has 0 radical (unpaired) electrons. The zero-order chi connectivity index (χ0) is 17.8. The second-order valence-electron chi connectivity index (χ2n) is 6.83. The van der Waals surface area contributed by atoms with E-state index in [1.54, 1.807) is 6.20 Å². The number of pyridine rings is 2. The normalized spacial score (nSPS) is 20.2. The Kier molecular flexibility index (Phi) is 5.32. The summed E-state index contributed by atoms with van der Waals surface area (Å²) in [7, 11) is 0. The van der Waals surface area contributed by atoms with Gasteiger partial charge in [0, 0.05) is 42.8 Å². The average Bonchev–Trinajstić information content (AvgIpc) is 2.69. The highest BCUT2D eigenvalue weighted by Gasteiger charge is 2.22. The Morgan fingerprint density at radius 1 is 0.962 bits per heavy atom. The molecule has 134 valence electrons. The molecule has 2 heterocycles. The second-order valence-corrected chi connectivity index (χ2v) is 7.24. The summed E-state index contributed by atoms with van der Waals surface area (Å²) in [5, 5.41) is 6.44. The van der Waals surface area contributed by atoms with Crippen LogP contribution in [0.5, 0.6) is 5.75 Å². The van der Waals surface area contributed by atoms with Gasteiger partial charge in [0.15, 0.2) is 0 Å². The minimum atomic E-state index is 0.228. The van der Waals surface area contributed by atoms with Gasteiger partial charge in [-0.15, -0.1) is 0 Å². The van der Waals surface area contributed by atoms with Crippen LogP contribution in [-0.4, -0.2) is 22.1 Å². The Labute approximate surface area is 158 Å². The Bertz CT molecular complexity index is 864. The Hall–Kier alpha value is -2.17. The first-order valence-corrected chi connectivity index (χ1v) is 9.48. The number of nitrogens with zero attached hydrogens (tertiary/aromatic N) is 2. The summed E-state index contributed by atoms with van der Waals surface area (Å²) in [6.07, 6.45) is 11.8. The maximum absolute atomic E-state index is 6.40. The number of aromatic nitrogens is 2. The standard InChI is InChI=1S/C21H22ClN3O/c22-20-11-17-14-24-10-7-16(17)12-21(20)26-19-3-1-18(2-4-19)25-13-15-5-8-23-9-6-15/h5-12,14,18-19,25H,1-4,13H2/t18-,19+. The van der Waals surface area contributed by atoms with Gasteiger partial charge in [0.2, 0.25) is 0 Å². The molecule has 0 saturated heterocycles. The predicted molar refractivity (Wildman–Crippen MR) is 105 cm³/mol. The van der Waals surface area contributed by atoms with E-state index in [1.165, 1.54) is 5.56 Å². The summed E-state index contributed by atoms with van der Waals surface area (Å²) in [5.41, 5.74) is 1.27. The van der Waals surface area contributed by atoms with Gasteiger partial charge in [-0.25, -0.2) is 0 Å². The van der Waals surface area contributed by atoms with Gasteiger partial charge in [-0.3, -0.25) is 9.97 Å². The molecule has 1 saturated carbocycles. The Balaban J connectivity index is 1.32. The first kappa shape index (κ1) is 17.3. The van der Waals surface area contributed by atoms with E-state index in [1.807, 2.05) is 36.8 Å². The highest BCUT2D eigenvalue weighted by Crippen LogP contribution is 2.32. The van der Waals surface area contributed by atoms with Crippen molar-refractivity contribution in [2.45, 2.75) is 44.4 Å². The molecule has 26 heavy (non-hydrogen) atoms. The van der Waals surface area contributed by atoms with E-state index < -0.39 is 0 Å². The van der Waals surface area contributed by atoms with Crippen LogP contribution < -0.4 is 10.1 Å². The van der Waals surface area contributed by atoms with Crippen molar-refractivity contribution in [3.8, 4) is 5.75 Å². The Morgan fingerprint density at radius 3 is 2.54 bits per heavy atom. The summed E-state index contributed by atoms with van der Waals surface area (Å²) >= 11 is 6.40. The Morgan fingerprint density at radius 2 is 1.73 bits per heavy atom. The van der Waals surface area contributed by atoms with Crippen molar-refractivity contribution in [2.24, 2.45) is 0 Å². The fourth-order valence-corrected chi connectivity index (χ4v) is 3.72. The van der Waals surface area contributed by atoms with Crippen LogP contribution >= 0.6 is 11.6 Å². The lowest BCUT2D eigenvalue weighted by Gasteiger charge is -2.30. The van der Waals surface area contributed by atoms with E-state index in [4.69, 9.17) is 16.3 Å². The first-order valence-electron chi connectivity index (χ1n) is 9.10. The zero-order valence-electron chi connectivity index (χ0n) is 14.6. The van der Waals surface area contributed by atoms with Gasteiger partial charge in [0.05, 0.1) is 11.1 Å². The first-order chi connectivity index (χ1) is 12.8. The molecule has 1 N–H and O–H groups in total. The molecule has 3 aromatic rings. The highest BCUT2D eigenvalue weighted by atomic mass is 35.5. The second kappa shape index (κ2) is 8.02. The molecule has 0 bridgehead atoms. The summed E-state index contributed by atoms with van der Waals surface area (Å²) in [4.78, 5) is 8.19. The quantitative estimate of drug-likeness (QED) is 0.706. The van der Waals surface area contributed by atoms with Crippen LogP contribution in [0.2, 0.25) is 5.02 Å². The third kappa shape index (κ3) is 4.14. The van der Waals surface area contributed by atoms with Gasteiger partial charge in [-0.2, -0.15) is 0 Å². The van der Waals surface area contributed by atoms with Crippen LogP contribution in [0.1, 0.15) is 31.2 Å². The smallest absolute Gasteiger partial charge is 0.138 e. The van der Waals surface area contributed by atoms with Gasteiger partial charge in [0.1, 0.15) is 5.75 Å². The number of ether oxygens (including phenoxy) is 1. The average molecular weight is 368 g/mol. The van der Waals surface area contributed by atoms with Crippen molar-refractivity contribution in [3.63, 3.8) is 0 Å². The molecule has 1 fully saturated rings. The molecule has 0 spiro atoms. The van der Waals surface area contributed by atoms with Crippen molar-refractivity contribution >= 4 is 22.4 Å². The van der Waals surface area contributed by atoms with E-state index in [-0.39, 0.29) is 6.10 Å². The number of nitrogens with one attached hydrogen (secondary N) is 1. The van der Waals surface area contributed by atoms with Gasteiger partial charge < -0.3 is 10.1 Å². The molecular weight excluding hydrogens is 346 g/mol. The van der Waals surface area contributed by atoms with Crippen molar-refractivity contribution < 1.29 is 4.74 Å². The molecule has 0 aliphatic heterocycles. The monoisotopic (exact) mass is 367 g/mol. The van der Waals surface area contributed by atoms with E-state index >= 15 is 0 Å². The van der Waals surface area contributed by atoms with Crippen molar-refractivity contribution in [1.82, 2.24) is 15.3 Å². The lowest BCUT2D eigenvalue weighted by molar-refractivity contribution is 0.139. The largest absolute Gasteiger partial charge is 0.489 e. The molecule has 4 nitrogen and oxygen atoms in total. The fraction of sp³-hybridized carbons (Fsp3) is 0.333. The van der Waals surface area contributed by atoms with Crippen molar-refractivity contribution in [2.75, 3.05) is 0 Å². The van der Waals surface area contributed by atoms with Crippen LogP contribution in [0, 0.1) is 0 Å². The molecule has 2 aromatic heterocycles. The third-order valence-corrected chi connectivity index (χ3v) is 5.30. The number of fused-ring (bicyclic) bond motifs is 1. The highest BCUT2D eigenvalue weighted by molar-refractivity contribution is 6.32. The van der Waals surface area contributed by atoms with E-state index in [0.29, 0.717) is 11.1 Å². The van der Waals surface area contributed by atoms with Gasteiger partial charge in [-0.05, 0) is 67.0 Å². The van der Waals surface area contributed by atoms with Crippen LogP contribution in [0.4, 0.5) is 0 Å². The maximum Gasteiger partial charge on any atom is 0.138 e. The topological polar surface area (TPSA) is 47.0 Å². The number of benzene rings is 1. The van der Waals surface area contributed by atoms with Gasteiger partial charge in [0.25, 0.3) is 0 Å². The van der Waals surface area contributed by atoms with Crippen LogP contribution in [0.15, 0.2) is 55.1 Å². The van der Waals surface area contributed by atoms with E-state index in [0.717, 1.165) is 48.8 Å². The SMILES string of the molecule is Clc1cc2cnccc2cc1O[C@H]1CC[C@@H](NCc2ccncc2)CC1. The number of hydrogen-bond donors (Lipinski definition) is 1. The lowest BCUT2D eigenvalue weighted by Crippen LogP contribution is -2.36. The predicted octanol–water partition coefficient (Wildman–Crippen LogP) is 4.76. The van der Waals surface area contributed by atoms with Crippen LogP contribution in [0.25, 0.3) is 10.8 Å². The van der Waals surface area contributed by atoms with Crippen LogP contribution in [-0.2, 0) is 6.54 Å². The summed E-state index contributed by atoms with van der Waals surface area (Å²) < 4.78 is 6.22. The molecule has 0 unspecified atom stereocenters. The fourth-order valence-electron chi connectivity index (χ4n) is 3.50. The molecule has 5 heteroatoms. The molecule has 4 rings (SSSR count). The lowest BCUT2D eigenvalue weighted by atomic mass is 9.92. The number of rotatable bonds is 5. The maximum atomic E-state index is 6.40. The molecular formula is C21H22ClN3O. The number of halogens is 1. The summed E-state index contributed by atoms with van der Waals surface area (Å²) in [5.74, 6) is 0.776. The minimum Gasteiger partial charge on any atom is -0.489 e. The van der Waals surface area contributed by atoms with Crippen molar-refractivity contribution in [1.29, 1.82) is 0 Å². The molecule has 1 aliphatic carbocycles. The number of hydrogen-bond acceptors (Lipinski definition) is 4. The summed E-state index contributed by atoms with van der Waals surface area (Å²) in [6.45, 7) is 0.892. The van der Waals surface area contributed by atoms with E-state index in [2.05, 4.69) is 27.4 Å². The third-order valence-electron chi connectivity index (χ3n) is 5.00. The van der Waals surface area contributed by atoms with Crippen molar-refractivity contribution in [3.05, 3.63) is 65.7 Å². The summed E-state index contributed by atoms with van der Waals surface area (Å²) in [6, 6.07) is 10.6. The van der Waals surface area contributed by atoms with Gasteiger partial charge >= 0.3 is 0 Å². The van der Waals surface area contributed by atoms with E-state index in [9.17, 15) is 0 Å². The molecule has 0 amide bonds. The van der Waals surface area contributed by atoms with Crippen LogP contribution in [0.3, 0.4) is 0 Å². The zero-order valence-corrected chi connectivity index (χ0v) is 15.3. The molecule has 1 aliphatic rings.